The van der Waals surface area contributed by atoms with Gasteiger partial charge in [0.05, 0.1) is 6.26 Å². The fourth-order valence-corrected chi connectivity index (χ4v) is 2.35. The molecule has 0 bridgehead atoms. The van der Waals surface area contributed by atoms with Gasteiger partial charge < -0.3 is 10.6 Å². The average molecular weight is 301 g/mol. The van der Waals surface area contributed by atoms with Gasteiger partial charge in [-0.1, -0.05) is 13.8 Å². The Morgan fingerprint density at radius 3 is 2.40 bits per heavy atom. The third-order valence-corrected chi connectivity index (χ3v) is 3.44. The zero-order valence-electron chi connectivity index (χ0n) is 12.4. The largest absolute Gasteiger partial charge is 0.373 e. The van der Waals surface area contributed by atoms with Crippen molar-refractivity contribution in [3.05, 3.63) is 11.9 Å². The summed E-state index contributed by atoms with van der Waals surface area (Å²) in [6.07, 6.45) is 3.35. The van der Waals surface area contributed by atoms with E-state index in [0.29, 0.717) is 19.5 Å². The predicted octanol–water partition coefficient (Wildman–Crippen LogP) is 0.993. The molecule has 0 aliphatic carbocycles. The lowest BCUT2D eigenvalue weighted by molar-refractivity contribution is 0.586. The summed E-state index contributed by atoms with van der Waals surface area (Å²) >= 11 is 0. The summed E-state index contributed by atoms with van der Waals surface area (Å²) < 4.78 is 24.3. The van der Waals surface area contributed by atoms with Crippen LogP contribution in [0.3, 0.4) is 0 Å². The fraction of sp³-hybridized carbons (Fsp3) is 0.667. The smallest absolute Gasteiger partial charge is 0.208 e. The highest BCUT2D eigenvalue weighted by Gasteiger charge is 2.13. The van der Waals surface area contributed by atoms with E-state index in [1.807, 2.05) is 7.05 Å². The Morgan fingerprint density at radius 2 is 1.85 bits per heavy atom. The fourth-order valence-electron chi connectivity index (χ4n) is 1.84. The molecule has 0 radical (unpaired) electrons. The molecule has 0 aliphatic rings. The molecular formula is C12H23N5O2S. The molecule has 0 saturated heterocycles. The van der Waals surface area contributed by atoms with Crippen LogP contribution in [0.4, 0.5) is 11.6 Å². The van der Waals surface area contributed by atoms with E-state index in [1.165, 1.54) is 6.33 Å². The van der Waals surface area contributed by atoms with Crippen molar-refractivity contribution >= 4 is 21.7 Å². The SMILES string of the molecule is CNc1ncnc(NCCCNS(C)(=O)=O)c1C(C)C. The van der Waals surface area contributed by atoms with Crippen LogP contribution in [0.25, 0.3) is 0 Å². The van der Waals surface area contributed by atoms with Crippen molar-refractivity contribution in [1.29, 1.82) is 0 Å². The number of sulfonamides is 1. The highest BCUT2D eigenvalue weighted by Crippen LogP contribution is 2.27. The first-order valence-electron chi connectivity index (χ1n) is 6.56. The zero-order valence-corrected chi connectivity index (χ0v) is 13.2. The van der Waals surface area contributed by atoms with E-state index in [2.05, 4.69) is 39.2 Å². The molecule has 7 nitrogen and oxygen atoms in total. The minimum atomic E-state index is -3.11. The molecule has 0 aliphatic heterocycles. The molecular weight excluding hydrogens is 278 g/mol. The summed E-state index contributed by atoms with van der Waals surface area (Å²) in [6, 6.07) is 0. The number of hydrogen-bond donors (Lipinski definition) is 3. The van der Waals surface area contributed by atoms with E-state index in [4.69, 9.17) is 0 Å². The van der Waals surface area contributed by atoms with Gasteiger partial charge in [0.15, 0.2) is 0 Å². The first kappa shape index (κ1) is 16.6. The average Bonchev–Trinajstić information content (AvgIpc) is 2.36. The van der Waals surface area contributed by atoms with Crippen molar-refractivity contribution in [3.63, 3.8) is 0 Å². The molecule has 0 fully saturated rings. The second kappa shape index (κ2) is 7.39. The topological polar surface area (TPSA) is 96.0 Å². The van der Waals surface area contributed by atoms with Crippen LogP contribution in [0.1, 0.15) is 31.7 Å². The summed E-state index contributed by atoms with van der Waals surface area (Å²) in [5, 5.41) is 6.29. The molecule has 114 valence electrons. The molecule has 3 N–H and O–H groups in total. The Bertz CT molecular complexity index is 531. The number of hydrogen-bond acceptors (Lipinski definition) is 6. The van der Waals surface area contributed by atoms with Crippen LogP contribution >= 0.6 is 0 Å². The predicted molar refractivity (Wildman–Crippen MR) is 81.6 cm³/mol. The molecule has 0 saturated carbocycles. The molecule has 1 rings (SSSR count). The molecule has 1 heterocycles. The third kappa shape index (κ3) is 5.30. The molecule has 0 unspecified atom stereocenters. The highest BCUT2D eigenvalue weighted by atomic mass is 32.2. The van der Waals surface area contributed by atoms with Crippen molar-refractivity contribution in [2.75, 3.05) is 37.0 Å². The lowest BCUT2D eigenvalue weighted by atomic mass is 10.0. The van der Waals surface area contributed by atoms with Crippen molar-refractivity contribution in [3.8, 4) is 0 Å². The number of aromatic nitrogens is 2. The molecule has 0 atom stereocenters. The van der Waals surface area contributed by atoms with Crippen LogP contribution in [0.5, 0.6) is 0 Å². The molecule has 0 amide bonds. The minimum absolute atomic E-state index is 0.287. The Labute approximate surface area is 120 Å². The highest BCUT2D eigenvalue weighted by molar-refractivity contribution is 7.88. The van der Waals surface area contributed by atoms with Crippen LogP contribution in [0.2, 0.25) is 0 Å². The van der Waals surface area contributed by atoms with Gasteiger partial charge >= 0.3 is 0 Å². The Morgan fingerprint density at radius 1 is 1.20 bits per heavy atom. The number of nitrogens with one attached hydrogen (secondary N) is 3. The van der Waals surface area contributed by atoms with Crippen molar-refractivity contribution in [2.24, 2.45) is 0 Å². The van der Waals surface area contributed by atoms with Crippen LogP contribution in [-0.4, -0.2) is 44.8 Å². The maximum Gasteiger partial charge on any atom is 0.208 e. The summed E-state index contributed by atoms with van der Waals surface area (Å²) in [5.74, 6) is 1.89. The first-order chi connectivity index (χ1) is 9.35. The van der Waals surface area contributed by atoms with Gasteiger partial charge in [-0.25, -0.2) is 23.1 Å². The lowest BCUT2D eigenvalue weighted by Gasteiger charge is -2.16. The summed E-state index contributed by atoms with van der Waals surface area (Å²) in [7, 11) is -1.29. The maximum absolute atomic E-state index is 10.9. The van der Waals surface area contributed by atoms with E-state index in [-0.39, 0.29) is 5.92 Å². The molecule has 20 heavy (non-hydrogen) atoms. The van der Waals surface area contributed by atoms with Crippen LogP contribution in [0.15, 0.2) is 6.33 Å². The van der Waals surface area contributed by atoms with Gasteiger partial charge in [0, 0.05) is 25.7 Å². The van der Waals surface area contributed by atoms with Crippen molar-refractivity contribution in [1.82, 2.24) is 14.7 Å². The van der Waals surface area contributed by atoms with Crippen molar-refractivity contribution < 1.29 is 8.42 Å². The summed E-state index contributed by atoms with van der Waals surface area (Å²) in [6.45, 7) is 5.21. The van der Waals surface area contributed by atoms with E-state index in [0.717, 1.165) is 23.5 Å². The van der Waals surface area contributed by atoms with Gasteiger partial charge in [-0.15, -0.1) is 0 Å². The van der Waals surface area contributed by atoms with Crippen molar-refractivity contribution in [2.45, 2.75) is 26.2 Å². The zero-order chi connectivity index (χ0) is 15.2. The van der Waals surface area contributed by atoms with Crippen LogP contribution < -0.4 is 15.4 Å². The second-order valence-corrected chi connectivity index (χ2v) is 6.67. The van der Waals surface area contributed by atoms with Crippen LogP contribution in [0, 0.1) is 0 Å². The minimum Gasteiger partial charge on any atom is -0.373 e. The van der Waals surface area contributed by atoms with Gasteiger partial charge in [0.25, 0.3) is 0 Å². The van der Waals surface area contributed by atoms with Gasteiger partial charge in [0.2, 0.25) is 10.0 Å². The van der Waals surface area contributed by atoms with E-state index in [1.54, 1.807) is 0 Å². The standard InChI is InChI=1S/C12H23N5O2S/c1-9(2)10-11(13-3)15-8-16-12(10)14-6-5-7-17-20(4,18)19/h8-9,17H,5-7H2,1-4H3,(H2,13,14,15,16). The molecule has 8 heteroatoms. The number of rotatable bonds is 8. The van der Waals surface area contributed by atoms with Gasteiger partial charge in [-0.3, -0.25) is 0 Å². The number of anilines is 2. The monoisotopic (exact) mass is 301 g/mol. The van der Waals surface area contributed by atoms with Crippen LogP contribution in [-0.2, 0) is 10.0 Å². The lowest BCUT2D eigenvalue weighted by Crippen LogP contribution is -2.24. The molecule has 0 aromatic carbocycles. The van der Waals surface area contributed by atoms with E-state index < -0.39 is 10.0 Å². The first-order valence-corrected chi connectivity index (χ1v) is 8.45. The van der Waals surface area contributed by atoms with Gasteiger partial charge in [-0.2, -0.15) is 0 Å². The molecule has 0 spiro atoms. The van der Waals surface area contributed by atoms with Gasteiger partial charge in [0.1, 0.15) is 18.0 Å². The normalized spacial score (nSPS) is 11.7. The quantitative estimate of drug-likeness (QED) is 0.620. The molecule has 1 aromatic rings. The summed E-state index contributed by atoms with van der Waals surface area (Å²) in [4.78, 5) is 8.46. The Hall–Kier alpha value is -1.41. The Kier molecular flexibility index (Phi) is 6.15. The summed E-state index contributed by atoms with van der Waals surface area (Å²) in [5.41, 5.74) is 1.03. The van der Waals surface area contributed by atoms with Gasteiger partial charge in [-0.05, 0) is 12.3 Å². The second-order valence-electron chi connectivity index (χ2n) is 4.84. The maximum atomic E-state index is 10.9. The Balaban J connectivity index is 2.60. The number of nitrogens with zero attached hydrogens (tertiary/aromatic N) is 2. The van der Waals surface area contributed by atoms with E-state index >= 15 is 0 Å². The van der Waals surface area contributed by atoms with E-state index in [9.17, 15) is 8.42 Å². The third-order valence-electron chi connectivity index (χ3n) is 2.71. The molecule has 1 aromatic heterocycles.